The molecule has 5 heteroatoms. The molecule has 0 aromatic heterocycles. The Kier molecular flexibility index (Phi) is 5.21. The van der Waals surface area contributed by atoms with Crippen molar-refractivity contribution in [2.24, 2.45) is 11.8 Å². The number of benzene rings is 1. The quantitative estimate of drug-likeness (QED) is 0.870. The smallest absolute Gasteiger partial charge is 0.253 e. The summed E-state index contributed by atoms with van der Waals surface area (Å²) in [5, 5.41) is 3.37. The van der Waals surface area contributed by atoms with Gasteiger partial charge in [-0.05, 0) is 45.2 Å². The lowest BCUT2D eigenvalue weighted by molar-refractivity contribution is -0.123. The first-order valence-electron chi connectivity index (χ1n) is 10.9. The molecule has 1 unspecified atom stereocenters. The second-order valence-electron chi connectivity index (χ2n) is 9.11. The highest BCUT2D eigenvalue weighted by atomic mass is 16.2. The highest BCUT2D eigenvalue weighted by Crippen LogP contribution is 2.44. The van der Waals surface area contributed by atoms with Gasteiger partial charge in [0.05, 0.1) is 5.92 Å². The average Bonchev–Trinajstić information content (AvgIpc) is 3.24. The van der Waals surface area contributed by atoms with Gasteiger partial charge < -0.3 is 10.2 Å². The van der Waals surface area contributed by atoms with Gasteiger partial charge in [-0.15, -0.1) is 0 Å². The highest BCUT2D eigenvalue weighted by molar-refractivity contribution is 5.94. The molecule has 0 saturated carbocycles. The molecule has 2 amide bonds. The number of likely N-dealkylation sites (tertiary alicyclic amines) is 2. The molecule has 28 heavy (non-hydrogen) atoms. The van der Waals surface area contributed by atoms with Crippen LogP contribution in [0.1, 0.15) is 55.5 Å². The van der Waals surface area contributed by atoms with E-state index in [0.717, 1.165) is 50.1 Å². The first kappa shape index (κ1) is 19.4. The van der Waals surface area contributed by atoms with E-state index in [1.165, 1.54) is 12.8 Å². The fraction of sp³-hybridized carbons (Fsp3) is 0.652. The standard InChI is InChI=1S/C23H33N3O2/c1-4-5-17(3)26-14-19-20(15-26)23(24-21(19)27)10-12-25(13-11-23)22(28)18-8-6-16(2)7-9-18/h6-9,17,19-20H,4-5,10-15H2,1-3H3,(H,24,27)/t17?,19-,20+/m1/s1. The van der Waals surface area contributed by atoms with E-state index in [9.17, 15) is 9.59 Å². The molecule has 3 aliphatic rings. The summed E-state index contributed by atoms with van der Waals surface area (Å²) in [6.45, 7) is 9.90. The number of nitrogens with one attached hydrogen (secondary N) is 1. The van der Waals surface area contributed by atoms with Gasteiger partial charge in [0.15, 0.2) is 0 Å². The molecule has 0 aliphatic carbocycles. The number of amides is 2. The van der Waals surface area contributed by atoms with Gasteiger partial charge in [0.1, 0.15) is 0 Å². The molecular weight excluding hydrogens is 350 g/mol. The van der Waals surface area contributed by atoms with Crippen LogP contribution in [0.5, 0.6) is 0 Å². The maximum atomic E-state index is 12.9. The summed E-state index contributed by atoms with van der Waals surface area (Å²) in [7, 11) is 0. The van der Waals surface area contributed by atoms with Gasteiger partial charge in [-0.3, -0.25) is 14.5 Å². The van der Waals surface area contributed by atoms with E-state index >= 15 is 0 Å². The molecule has 5 nitrogen and oxygen atoms in total. The lowest BCUT2D eigenvalue weighted by atomic mass is 9.75. The van der Waals surface area contributed by atoms with Crippen molar-refractivity contribution >= 4 is 11.8 Å². The third-order valence-electron chi connectivity index (χ3n) is 7.34. The van der Waals surface area contributed by atoms with Crippen LogP contribution in [-0.2, 0) is 4.79 Å². The van der Waals surface area contributed by atoms with Crippen molar-refractivity contribution in [1.29, 1.82) is 0 Å². The summed E-state index contributed by atoms with van der Waals surface area (Å²) in [5.74, 6) is 0.851. The number of hydrogen-bond donors (Lipinski definition) is 1. The number of piperidine rings is 1. The van der Waals surface area contributed by atoms with Gasteiger partial charge in [-0.1, -0.05) is 31.0 Å². The lowest BCUT2D eigenvalue weighted by Crippen LogP contribution is -2.56. The van der Waals surface area contributed by atoms with Crippen LogP contribution in [0.2, 0.25) is 0 Å². The Balaban J connectivity index is 1.43. The number of rotatable bonds is 4. The number of nitrogens with zero attached hydrogens (tertiary/aromatic N) is 2. The molecule has 4 rings (SSSR count). The van der Waals surface area contributed by atoms with Crippen LogP contribution in [0.15, 0.2) is 24.3 Å². The Labute approximate surface area is 168 Å². The molecule has 3 heterocycles. The third kappa shape index (κ3) is 3.34. The van der Waals surface area contributed by atoms with E-state index < -0.39 is 0 Å². The van der Waals surface area contributed by atoms with Gasteiger partial charge >= 0.3 is 0 Å². The first-order valence-corrected chi connectivity index (χ1v) is 10.9. The molecule has 0 bridgehead atoms. The highest BCUT2D eigenvalue weighted by Gasteiger charge is 2.57. The monoisotopic (exact) mass is 383 g/mol. The van der Waals surface area contributed by atoms with E-state index in [-0.39, 0.29) is 23.3 Å². The van der Waals surface area contributed by atoms with Crippen LogP contribution in [0.3, 0.4) is 0 Å². The fourth-order valence-electron chi connectivity index (χ4n) is 5.53. The van der Waals surface area contributed by atoms with Gasteiger partial charge in [0.2, 0.25) is 5.91 Å². The Morgan fingerprint density at radius 2 is 1.89 bits per heavy atom. The molecule has 1 spiro atoms. The van der Waals surface area contributed by atoms with Crippen LogP contribution in [-0.4, -0.2) is 59.4 Å². The van der Waals surface area contributed by atoms with Crippen LogP contribution in [0.25, 0.3) is 0 Å². The van der Waals surface area contributed by atoms with Crippen LogP contribution in [0, 0.1) is 18.8 Å². The predicted molar refractivity (Wildman–Crippen MR) is 110 cm³/mol. The van der Waals surface area contributed by atoms with Crippen molar-refractivity contribution in [2.45, 2.75) is 58.0 Å². The van der Waals surface area contributed by atoms with Gasteiger partial charge in [0.25, 0.3) is 5.91 Å². The van der Waals surface area contributed by atoms with Crippen molar-refractivity contribution in [3.63, 3.8) is 0 Å². The van der Waals surface area contributed by atoms with Crippen molar-refractivity contribution in [3.05, 3.63) is 35.4 Å². The molecule has 152 valence electrons. The fourth-order valence-corrected chi connectivity index (χ4v) is 5.53. The third-order valence-corrected chi connectivity index (χ3v) is 7.34. The summed E-state index contributed by atoms with van der Waals surface area (Å²) in [6.07, 6.45) is 4.11. The van der Waals surface area contributed by atoms with Gasteiger partial charge in [-0.25, -0.2) is 0 Å². The Bertz CT molecular complexity index is 737. The second kappa shape index (κ2) is 7.51. The summed E-state index contributed by atoms with van der Waals surface area (Å²) >= 11 is 0. The summed E-state index contributed by atoms with van der Waals surface area (Å²) < 4.78 is 0. The maximum absolute atomic E-state index is 12.9. The average molecular weight is 384 g/mol. The SMILES string of the molecule is CCCC(C)N1C[C@H]2C(=O)NC3(CCN(C(=O)c4ccc(C)cc4)CC3)[C@H]2C1. The van der Waals surface area contributed by atoms with E-state index in [4.69, 9.17) is 0 Å². The molecule has 3 atom stereocenters. The van der Waals surface area contributed by atoms with Crippen molar-refractivity contribution in [1.82, 2.24) is 15.1 Å². The van der Waals surface area contributed by atoms with Crippen molar-refractivity contribution in [2.75, 3.05) is 26.2 Å². The predicted octanol–water partition coefficient (Wildman–Crippen LogP) is 2.84. The van der Waals surface area contributed by atoms with E-state index in [0.29, 0.717) is 12.0 Å². The molecule has 3 aliphatic heterocycles. The number of carbonyl (C=O) groups is 2. The van der Waals surface area contributed by atoms with Crippen molar-refractivity contribution < 1.29 is 9.59 Å². The second-order valence-corrected chi connectivity index (χ2v) is 9.11. The van der Waals surface area contributed by atoms with Gasteiger partial charge in [0, 0.05) is 49.2 Å². The molecule has 1 N–H and O–H groups in total. The Morgan fingerprint density at radius 3 is 2.54 bits per heavy atom. The minimum atomic E-state index is -0.119. The Morgan fingerprint density at radius 1 is 1.21 bits per heavy atom. The molecule has 1 aromatic rings. The minimum absolute atomic E-state index is 0.111. The normalized spacial score (nSPS) is 27.7. The largest absolute Gasteiger partial charge is 0.350 e. The minimum Gasteiger partial charge on any atom is -0.350 e. The van der Waals surface area contributed by atoms with E-state index in [1.54, 1.807) is 0 Å². The van der Waals surface area contributed by atoms with Crippen LogP contribution in [0.4, 0.5) is 0 Å². The van der Waals surface area contributed by atoms with Crippen LogP contribution >= 0.6 is 0 Å². The summed E-state index contributed by atoms with van der Waals surface area (Å²) in [5.41, 5.74) is 1.80. The van der Waals surface area contributed by atoms with Crippen molar-refractivity contribution in [3.8, 4) is 0 Å². The number of fused-ring (bicyclic) bond motifs is 2. The lowest BCUT2D eigenvalue weighted by Gasteiger charge is -2.43. The Hall–Kier alpha value is -1.88. The zero-order valence-electron chi connectivity index (χ0n) is 17.4. The first-order chi connectivity index (χ1) is 13.4. The number of hydrogen-bond acceptors (Lipinski definition) is 3. The molecule has 1 aromatic carbocycles. The zero-order chi connectivity index (χ0) is 19.9. The topological polar surface area (TPSA) is 52.7 Å². The zero-order valence-corrected chi connectivity index (χ0v) is 17.4. The van der Waals surface area contributed by atoms with Crippen LogP contribution < -0.4 is 5.32 Å². The van der Waals surface area contributed by atoms with E-state index in [1.807, 2.05) is 36.1 Å². The summed E-state index contributed by atoms with van der Waals surface area (Å²) in [6, 6.07) is 8.36. The van der Waals surface area contributed by atoms with Gasteiger partial charge in [-0.2, -0.15) is 0 Å². The molecule has 3 fully saturated rings. The molecular formula is C23H33N3O2. The number of carbonyl (C=O) groups excluding carboxylic acids is 2. The summed E-state index contributed by atoms with van der Waals surface area (Å²) in [4.78, 5) is 30.0. The van der Waals surface area contributed by atoms with E-state index in [2.05, 4.69) is 24.1 Å². The molecule has 0 radical (unpaired) electrons. The number of aryl methyl sites for hydroxylation is 1. The maximum Gasteiger partial charge on any atom is 0.253 e. The molecule has 3 saturated heterocycles.